The van der Waals surface area contributed by atoms with Crippen LogP contribution < -0.4 is 10.6 Å². The second-order valence-corrected chi connectivity index (χ2v) is 6.51. The minimum Gasteiger partial charge on any atom is -0.368 e. The van der Waals surface area contributed by atoms with Crippen LogP contribution in [0.1, 0.15) is 26.2 Å². The highest BCUT2D eigenvalue weighted by molar-refractivity contribution is 7.84. The molecule has 6 heteroatoms. The van der Waals surface area contributed by atoms with E-state index in [0.29, 0.717) is 6.54 Å². The van der Waals surface area contributed by atoms with Gasteiger partial charge in [-0.1, -0.05) is 6.92 Å². The van der Waals surface area contributed by atoms with Gasteiger partial charge < -0.3 is 15.4 Å². The molecule has 1 heterocycles. The number of hydrogen-bond donors (Lipinski definition) is 2. The van der Waals surface area contributed by atoms with Crippen molar-refractivity contribution in [1.82, 2.24) is 10.6 Å². The van der Waals surface area contributed by atoms with Gasteiger partial charge in [-0.3, -0.25) is 9.00 Å². The molecule has 2 atom stereocenters. The minimum absolute atomic E-state index is 0.0809. The third-order valence-corrected chi connectivity index (χ3v) is 4.54. The summed E-state index contributed by atoms with van der Waals surface area (Å²) in [4.78, 5) is 11.5. The van der Waals surface area contributed by atoms with Crippen LogP contribution in [0.5, 0.6) is 0 Å². The molecule has 0 bridgehead atoms. The Morgan fingerprint density at radius 1 is 1.50 bits per heavy atom. The summed E-state index contributed by atoms with van der Waals surface area (Å²) in [6, 6.07) is 0. The first kappa shape index (κ1) is 15.6. The zero-order valence-corrected chi connectivity index (χ0v) is 12.1. The molecule has 0 spiro atoms. The van der Waals surface area contributed by atoms with Gasteiger partial charge in [0.15, 0.2) is 0 Å². The second kappa shape index (κ2) is 8.61. The van der Waals surface area contributed by atoms with E-state index in [4.69, 9.17) is 4.74 Å². The molecule has 1 aliphatic heterocycles. The minimum atomic E-state index is -0.822. The van der Waals surface area contributed by atoms with Crippen LogP contribution in [0.4, 0.5) is 0 Å². The molecular weight excluding hydrogens is 252 g/mol. The van der Waals surface area contributed by atoms with Gasteiger partial charge in [0.25, 0.3) is 0 Å². The van der Waals surface area contributed by atoms with Crippen molar-refractivity contribution < 1.29 is 13.7 Å². The summed E-state index contributed by atoms with van der Waals surface area (Å²) in [6.45, 7) is 4.55. The summed E-state index contributed by atoms with van der Waals surface area (Å²) in [5.41, 5.74) is 0. The van der Waals surface area contributed by atoms with Crippen LogP contribution in [0.15, 0.2) is 0 Å². The summed E-state index contributed by atoms with van der Waals surface area (Å²) in [5, 5.41) is 6.17. The molecule has 1 aliphatic rings. The van der Waals surface area contributed by atoms with Crippen LogP contribution in [0.2, 0.25) is 0 Å². The lowest BCUT2D eigenvalue weighted by molar-refractivity contribution is -0.128. The van der Waals surface area contributed by atoms with E-state index in [2.05, 4.69) is 10.6 Å². The van der Waals surface area contributed by atoms with Crippen molar-refractivity contribution in [3.8, 4) is 0 Å². The van der Waals surface area contributed by atoms with E-state index in [0.717, 1.165) is 32.4 Å². The maximum absolute atomic E-state index is 11.5. The highest BCUT2D eigenvalue weighted by Crippen LogP contribution is 2.06. The van der Waals surface area contributed by atoms with E-state index in [1.165, 1.54) is 0 Å². The molecule has 2 N–H and O–H groups in total. The number of carbonyl (C=O) groups is 1. The average molecular weight is 276 g/mol. The summed E-state index contributed by atoms with van der Waals surface area (Å²) >= 11 is 0. The highest BCUT2D eigenvalue weighted by atomic mass is 32.2. The Bertz CT molecular complexity index is 280. The molecule has 5 nitrogen and oxygen atoms in total. The molecule has 0 aliphatic carbocycles. The fraction of sp³-hybridized carbons (Fsp3) is 0.917. The third kappa shape index (κ3) is 6.47. The SMILES string of the molecule is CC(CCNC(=O)COC1CCNCC1)S(C)=O. The third-order valence-electron chi connectivity index (χ3n) is 3.18. The normalized spacial score (nSPS) is 20.3. The van der Waals surface area contributed by atoms with E-state index in [1.807, 2.05) is 6.92 Å². The number of amides is 1. The van der Waals surface area contributed by atoms with E-state index >= 15 is 0 Å². The summed E-state index contributed by atoms with van der Waals surface area (Å²) < 4.78 is 16.7. The molecule has 1 amide bonds. The average Bonchev–Trinajstić information content (AvgIpc) is 2.37. The van der Waals surface area contributed by atoms with Gasteiger partial charge in [0.1, 0.15) is 6.61 Å². The number of carbonyl (C=O) groups excluding carboxylic acids is 1. The van der Waals surface area contributed by atoms with Crippen molar-refractivity contribution in [2.24, 2.45) is 0 Å². The number of rotatable bonds is 7. The van der Waals surface area contributed by atoms with Crippen LogP contribution in [-0.4, -0.2) is 54.0 Å². The van der Waals surface area contributed by atoms with Crippen molar-refractivity contribution in [3.05, 3.63) is 0 Å². The van der Waals surface area contributed by atoms with Crippen LogP contribution in [0, 0.1) is 0 Å². The first-order valence-electron chi connectivity index (χ1n) is 6.51. The molecule has 0 saturated carbocycles. The monoisotopic (exact) mass is 276 g/mol. The van der Waals surface area contributed by atoms with Gasteiger partial charge in [-0.2, -0.15) is 0 Å². The molecule has 1 rings (SSSR count). The fourth-order valence-electron chi connectivity index (χ4n) is 1.79. The van der Waals surface area contributed by atoms with Crippen molar-refractivity contribution in [1.29, 1.82) is 0 Å². The largest absolute Gasteiger partial charge is 0.368 e. The Kier molecular flexibility index (Phi) is 7.46. The van der Waals surface area contributed by atoms with Crippen molar-refractivity contribution in [3.63, 3.8) is 0 Å². The molecule has 0 aromatic rings. The van der Waals surface area contributed by atoms with Crippen LogP contribution in [-0.2, 0) is 20.3 Å². The lowest BCUT2D eigenvalue weighted by atomic mass is 10.1. The maximum atomic E-state index is 11.5. The highest BCUT2D eigenvalue weighted by Gasteiger charge is 2.14. The first-order chi connectivity index (χ1) is 8.59. The second-order valence-electron chi connectivity index (χ2n) is 4.71. The predicted molar refractivity (Wildman–Crippen MR) is 73.0 cm³/mol. The Morgan fingerprint density at radius 3 is 2.78 bits per heavy atom. The van der Waals surface area contributed by atoms with Gasteiger partial charge >= 0.3 is 0 Å². The molecule has 106 valence electrons. The zero-order chi connectivity index (χ0) is 13.4. The molecule has 1 fully saturated rings. The summed E-state index contributed by atoms with van der Waals surface area (Å²) in [7, 11) is -0.822. The van der Waals surface area contributed by atoms with Gasteiger partial charge in [-0.05, 0) is 32.4 Å². The Balaban J connectivity index is 2.04. The van der Waals surface area contributed by atoms with Crippen LogP contribution in [0.25, 0.3) is 0 Å². The molecule has 1 saturated heterocycles. The first-order valence-corrected chi connectivity index (χ1v) is 8.13. The zero-order valence-electron chi connectivity index (χ0n) is 11.2. The van der Waals surface area contributed by atoms with E-state index in [1.54, 1.807) is 6.26 Å². The lowest BCUT2D eigenvalue weighted by Crippen LogP contribution is -2.36. The summed E-state index contributed by atoms with van der Waals surface area (Å²) in [5.74, 6) is -0.0809. The number of hydrogen-bond acceptors (Lipinski definition) is 4. The van der Waals surface area contributed by atoms with Gasteiger partial charge in [0.05, 0.1) is 6.10 Å². The number of ether oxygens (including phenoxy) is 1. The van der Waals surface area contributed by atoms with Crippen molar-refractivity contribution >= 4 is 16.7 Å². The van der Waals surface area contributed by atoms with Crippen LogP contribution >= 0.6 is 0 Å². The Hall–Kier alpha value is -0.460. The summed E-state index contributed by atoms with van der Waals surface area (Å²) in [6.07, 6.45) is 4.58. The molecule has 2 unspecified atom stereocenters. The van der Waals surface area contributed by atoms with Crippen molar-refractivity contribution in [2.75, 3.05) is 32.5 Å². The van der Waals surface area contributed by atoms with E-state index < -0.39 is 10.8 Å². The number of nitrogens with one attached hydrogen (secondary N) is 2. The topological polar surface area (TPSA) is 67.4 Å². The molecule has 18 heavy (non-hydrogen) atoms. The Labute approximate surface area is 111 Å². The van der Waals surface area contributed by atoms with Gasteiger partial charge in [-0.25, -0.2) is 0 Å². The number of piperidine rings is 1. The Morgan fingerprint density at radius 2 is 2.17 bits per heavy atom. The van der Waals surface area contributed by atoms with E-state index in [-0.39, 0.29) is 23.9 Å². The molecular formula is C12H24N2O3S. The van der Waals surface area contributed by atoms with Gasteiger partial charge in [-0.15, -0.1) is 0 Å². The smallest absolute Gasteiger partial charge is 0.246 e. The predicted octanol–water partition coefficient (Wildman–Crippen LogP) is 0.0283. The quantitative estimate of drug-likeness (QED) is 0.688. The van der Waals surface area contributed by atoms with Gasteiger partial charge in [0.2, 0.25) is 5.91 Å². The molecule has 0 aromatic heterocycles. The van der Waals surface area contributed by atoms with Crippen molar-refractivity contribution in [2.45, 2.75) is 37.5 Å². The van der Waals surface area contributed by atoms with Crippen LogP contribution in [0.3, 0.4) is 0 Å². The molecule has 0 aromatic carbocycles. The maximum Gasteiger partial charge on any atom is 0.246 e. The fourth-order valence-corrected chi connectivity index (χ4v) is 2.24. The standard InChI is InChI=1S/C12H24N2O3S/c1-10(18(2)16)3-8-14-12(15)9-17-11-4-6-13-7-5-11/h10-11,13H,3-9H2,1-2H3,(H,14,15). The van der Waals surface area contributed by atoms with Gasteiger partial charge in [0, 0.05) is 28.9 Å². The molecule has 0 radical (unpaired) electrons. The van der Waals surface area contributed by atoms with E-state index in [9.17, 15) is 9.00 Å². The lowest BCUT2D eigenvalue weighted by Gasteiger charge is -2.22.